The quantitative estimate of drug-likeness (QED) is 0.925. The van der Waals surface area contributed by atoms with Gasteiger partial charge in [0.1, 0.15) is 5.75 Å². The summed E-state index contributed by atoms with van der Waals surface area (Å²) >= 11 is 0. The lowest BCUT2D eigenvalue weighted by molar-refractivity contribution is 0.0950. The molecule has 0 bridgehead atoms. The number of hydrogen-bond acceptors (Lipinski definition) is 2. The van der Waals surface area contributed by atoms with Crippen LogP contribution in [0.3, 0.4) is 0 Å². The van der Waals surface area contributed by atoms with Crippen LogP contribution in [0.15, 0.2) is 42.5 Å². The summed E-state index contributed by atoms with van der Waals surface area (Å²) in [5, 5.41) is 2.93. The molecule has 0 fully saturated rings. The molecule has 20 heavy (non-hydrogen) atoms. The van der Waals surface area contributed by atoms with Crippen molar-refractivity contribution in [1.82, 2.24) is 5.32 Å². The van der Waals surface area contributed by atoms with E-state index in [-0.39, 0.29) is 5.91 Å². The molecule has 1 N–H and O–H groups in total. The van der Waals surface area contributed by atoms with E-state index in [0.29, 0.717) is 17.9 Å². The van der Waals surface area contributed by atoms with Gasteiger partial charge in [-0.05, 0) is 37.1 Å². The summed E-state index contributed by atoms with van der Waals surface area (Å²) in [6.07, 6.45) is 0. The monoisotopic (exact) mass is 269 g/mol. The number of methoxy groups -OCH3 is 1. The van der Waals surface area contributed by atoms with Crippen molar-refractivity contribution in [2.24, 2.45) is 0 Å². The SMILES string of the molecule is COc1ccc(C)c(C(=O)NCc2ccc(C)cc2)c1. The Kier molecular flexibility index (Phi) is 4.41. The molecule has 2 aromatic carbocycles. The molecule has 0 unspecified atom stereocenters. The van der Waals surface area contributed by atoms with Gasteiger partial charge in [0.25, 0.3) is 5.91 Å². The van der Waals surface area contributed by atoms with Crippen molar-refractivity contribution in [3.8, 4) is 5.75 Å². The largest absolute Gasteiger partial charge is 0.497 e. The fraction of sp³-hybridized carbons (Fsp3) is 0.235. The Morgan fingerprint density at radius 3 is 2.45 bits per heavy atom. The predicted octanol–water partition coefficient (Wildman–Crippen LogP) is 3.24. The molecule has 0 aliphatic carbocycles. The molecule has 0 aromatic heterocycles. The minimum atomic E-state index is -0.0815. The zero-order valence-electron chi connectivity index (χ0n) is 12.1. The van der Waals surface area contributed by atoms with E-state index < -0.39 is 0 Å². The molecule has 0 atom stereocenters. The van der Waals surface area contributed by atoms with Crippen molar-refractivity contribution in [3.63, 3.8) is 0 Å². The Balaban J connectivity index is 2.06. The van der Waals surface area contributed by atoms with E-state index in [1.807, 2.05) is 50.2 Å². The third kappa shape index (κ3) is 3.38. The van der Waals surface area contributed by atoms with Crippen molar-refractivity contribution in [1.29, 1.82) is 0 Å². The first kappa shape index (κ1) is 14.1. The third-order valence-corrected chi connectivity index (χ3v) is 3.26. The second kappa shape index (κ2) is 6.24. The molecule has 3 heteroatoms. The number of carbonyl (C=O) groups is 1. The average molecular weight is 269 g/mol. The highest BCUT2D eigenvalue weighted by atomic mass is 16.5. The summed E-state index contributed by atoms with van der Waals surface area (Å²) in [5.74, 6) is 0.609. The highest BCUT2D eigenvalue weighted by Crippen LogP contribution is 2.17. The third-order valence-electron chi connectivity index (χ3n) is 3.26. The summed E-state index contributed by atoms with van der Waals surface area (Å²) < 4.78 is 5.16. The average Bonchev–Trinajstić information content (AvgIpc) is 2.47. The van der Waals surface area contributed by atoms with E-state index in [1.165, 1.54) is 5.56 Å². The molecule has 0 spiro atoms. The van der Waals surface area contributed by atoms with Gasteiger partial charge >= 0.3 is 0 Å². The van der Waals surface area contributed by atoms with Gasteiger partial charge in [0.05, 0.1) is 7.11 Å². The maximum absolute atomic E-state index is 12.2. The Morgan fingerprint density at radius 2 is 1.80 bits per heavy atom. The smallest absolute Gasteiger partial charge is 0.251 e. The molecule has 1 amide bonds. The van der Waals surface area contributed by atoms with Gasteiger partial charge in [0.2, 0.25) is 0 Å². The molecule has 3 nitrogen and oxygen atoms in total. The lowest BCUT2D eigenvalue weighted by Gasteiger charge is -2.09. The van der Waals surface area contributed by atoms with E-state index >= 15 is 0 Å². The van der Waals surface area contributed by atoms with Crippen LogP contribution >= 0.6 is 0 Å². The lowest BCUT2D eigenvalue weighted by atomic mass is 10.1. The lowest BCUT2D eigenvalue weighted by Crippen LogP contribution is -2.23. The Labute approximate surface area is 119 Å². The van der Waals surface area contributed by atoms with Crippen LogP contribution in [0, 0.1) is 13.8 Å². The normalized spacial score (nSPS) is 10.2. The Morgan fingerprint density at radius 1 is 1.10 bits per heavy atom. The number of ether oxygens (including phenoxy) is 1. The molecule has 0 radical (unpaired) electrons. The van der Waals surface area contributed by atoms with Crippen molar-refractivity contribution in [3.05, 3.63) is 64.7 Å². The molecule has 0 aliphatic heterocycles. The van der Waals surface area contributed by atoms with E-state index in [4.69, 9.17) is 4.74 Å². The predicted molar refractivity (Wildman–Crippen MR) is 80.1 cm³/mol. The first-order valence-corrected chi connectivity index (χ1v) is 6.58. The van der Waals surface area contributed by atoms with Crippen LogP contribution in [0.1, 0.15) is 27.0 Å². The van der Waals surface area contributed by atoms with Gasteiger partial charge in [0, 0.05) is 12.1 Å². The van der Waals surface area contributed by atoms with Crippen molar-refractivity contribution >= 4 is 5.91 Å². The van der Waals surface area contributed by atoms with Gasteiger partial charge in [-0.25, -0.2) is 0 Å². The number of benzene rings is 2. The number of aryl methyl sites for hydroxylation is 2. The summed E-state index contributed by atoms with van der Waals surface area (Å²) in [7, 11) is 1.60. The summed E-state index contributed by atoms with van der Waals surface area (Å²) in [4.78, 5) is 12.2. The topological polar surface area (TPSA) is 38.3 Å². The second-order valence-electron chi connectivity index (χ2n) is 4.85. The maximum atomic E-state index is 12.2. The van der Waals surface area contributed by atoms with Gasteiger partial charge in [-0.1, -0.05) is 35.9 Å². The second-order valence-corrected chi connectivity index (χ2v) is 4.85. The molecule has 104 valence electrons. The van der Waals surface area contributed by atoms with Crippen molar-refractivity contribution < 1.29 is 9.53 Å². The number of rotatable bonds is 4. The molecule has 0 heterocycles. The zero-order valence-corrected chi connectivity index (χ0v) is 12.1. The van der Waals surface area contributed by atoms with Gasteiger partial charge in [-0.15, -0.1) is 0 Å². The maximum Gasteiger partial charge on any atom is 0.251 e. The van der Waals surface area contributed by atoms with Gasteiger partial charge in [-0.2, -0.15) is 0 Å². The number of hydrogen-bond donors (Lipinski definition) is 1. The van der Waals surface area contributed by atoms with Gasteiger partial charge in [-0.3, -0.25) is 4.79 Å². The standard InChI is InChI=1S/C17H19NO2/c1-12-4-7-14(8-5-12)11-18-17(19)16-10-15(20-3)9-6-13(16)2/h4-10H,11H2,1-3H3,(H,18,19). The van der Waals surface area contributed by atoms with Crippen molar-refractivity contribution in [2.75, 3.05) is 7.11 Å². The Hall–Kier alpha value is -2.29. The molecular formula is C17H19NO2. The minimum absolute atomic E-state index is 0.0815. The van der Waals surface area contributed by atoms with Crippen LogP contribution in [0.4, 0.5) is 0 Å². The van der Waals surface area contributed by atoms with Crippen LogP contribution in [0.5, 0.6) is 5.75 Å². The van der Waals surface area contributed by atoms with E-state index in [2.05, 4.69) is 5.32 Å². The molecule has 0 saturated carbocycles. The highest BCUT2D eigenvalue weighted by molar-refractivity contribution is 5.96. The Bertz CT molecular complexity index is 603. The first-order chi connectivity index (χ1) is 9.60. The van der Waals surface area contributed by atoms with Gasteiger partial charge < -0.3 is 10.1 Å². The molecule has 0 saturated heterocycles. The van der Waals surface area contributed by atoms with Crippen LogP contribution < -0.4 is 10.1 Å². The number of carbonyl (C=O) groups excluding carboxylic acids is 1. The summed E-state index contributed by atoms with van der Waals surface area (Å²) in [5.41, 5.74) is 3.89. The molecule has 2 rings (SSSR count). The molecule has 0 aliphatic rings. The summed E-state index contributed by atoms with van der Waals surface area (Å²) in [6.45, 7) is 4.48. The van der Waals surface area contributed by atoms with Crippen LogP contribution in [-0.4, -0.2) is 13.0 Å². The molecular weight excluding hydrogens is 250 g/mol. The highest BCUT2D eigenvalue weighted by Gasteiger charge is 2.09. The van der Waals surface area contributed by atoms with Crippen LogP contribution in [-0.2, 0) is 6.54 Å². The van der Waals surface area contributed by atoms with E-state index in [1.54, 1.807) is 13.2 Å². The fourth-order valence-corrected chi connectivity index (χ4v) is 1.96. The molecule has 2 aromatic rings. The van der Waals surface area contributed by atoms with Crippen LogP contribution in [0.2, 0.25) is 0 Å². The fourth-order valence-electron chi connectivity index (χ4n) is 1.96. The first-order valence-electron chi connectivity index (χ1n) is 6.58. The van der Waals surface area contributed by atoms with E-state index in [9.17, 15) is 4.79 Å². The van der Waals surface area contributed by atoms with Crippen LogP contribution in [0.25, 0.3) is 0 Å². The van der Waals surface area contributed by atoms with E-state index in [0.717, 1.165) is 11.1 Å². The number of amides is 1. The summed E-state index contributed by atoms with van der Waals surface area (Å²) in [6, 6.07) is 13.6. The zero-order chi connectivity index (χ0) is 14.5. The van der Waals surface area contributed by atoms with Gasteiger partial charge in [0.15, 0.2) is 0 Å². The minimum Gasteiger partial charge on any atom is -0.497 e. The number of nitrogens with one attached hydrogen (secondary N) is 1. The van der Waals surface area contributed by atoms with Crippen molar-refractivity contribution in [2.45, 2.75) is 20.4 Å².